The van der Waals surface area contributed by atoms with Gasteiger partial charge in [-0.25, -0.2) is 0 Å². The Kier molecular flexibility index (Phi) is 8.57. The minimum atomic E-state index is -3.53. The lowest BCUT2D eigenvalue weighted by Crippen LogP contribution is -2.30. The molecule has 2 unspecified atom stereocenters. The number of ether oxygens (including phenoxy) is 3. The monoisotopic (exact) mass is 491 g/mol. The zero-order valence-corrected chi connectivity index (χ0v) is 20.9. The predicted molar refractivity (Wildman–Crippen MR) is 129 cm³/mol. The van der Waals surface area contributed by atoms with Crippen LogP contribution in [0.5, 0.6) is 17.2 Å². The summed E-state index contributed by atoms with van der Waals surface area (Å²) in [4.78, 5) is 13.4. The van der Waals surface area contributed by atoms with Crippen molar-refractivity contribution in [1.82, 2.24) is 5.32 Å². The van der Waals surface area contributed by atoms with Crippen LogP contribution in [0.15, 0.2) is 42.5 Å². The summed E-state index contributed by atoms with van der Waals surface area (Å²) in [5, 5.41) is 3.37. The van der Waals surface area contributed by atoms with Crippen LogP contribution in [0.25, 0.3) is 0 Å². The maximum absolute atomic E-state index is 13.4. The summed E-state index contributed by atoms with van der Waals surface area (Å²) in [6.45, 7) is 0.675. The third-order valence-electron chi connectivity index (χ3n) is 6.34. The van der Waals surface area contributed by atoms with Gasteiger partial charge in [-0.3, -0.25) is 8.98 Å². The van der Waals surface area contributed by atoms with E-state index in [-0.39, 0.29) is 17.8 Å². The Morgan fingerprint density at radius 3 is 2.24 bits per heavy atom. The lowest BCUT2D eigenvalue weighted by atomic mass is 9.76. The molecule has 0 aliphatic carbocycles. The van der Waals surface area contributed by atoms with E-state index in [0.717, 1.165) is 19.1 Å². The molecular formula is C25H33NO7S. The lowest BCUT2D eigenvalue weighted by Gasteiger charge is -2.28. The van der Waals surface area contributed by atoms with Gasteiger partial charge in [0, 0.05) is 12.1 Å². The Bertz CT molecular complexity index is 1060. The van der Waals surface area contributed by atoms with Gasteiger partial charge in [0.1, 0.15) is 0 Å². The highest BCUT2D eigenvalue weighted by molar-refractivity contribution is 7.85. The number of rotatable bonds is 12. The highest BCUT2D eigenvalue weighted by atomic mass is 32.2. The Morgan fingerprint density at radius 1 is 1.03 bits per heavy atom. The average Bonchev–Trinajstić information content (AvgIpc) is 3.25. The van der Waals surface area contributed by atoms with E-state index in [1.54, 1.807) is 12.1 Å². The summed E-state index contributed by atoms with van der Waals surface area (Å²) in [6.07, 6.45) is 3.78. The first-order chi connectivity index (χ1) is 16.2. The van der Waals surface area contributed by atoms with Crippen molar-refractivity contribution in [2.45, 2.75) is 31.7 Å². The Balaban J connectivity index is 1.80. The number of ketones is 1. The van der Waals surface area contributed by atoms with Crippen molar-refractivity contribution >= 4 is 15.9 Å². The molecular weight excluding hydrogens is 458 g/mol. The predicted octanol–water partition coefficient (Wildman–Crippen LogP) is 3.24. The van der Waals surface area contributed by atoms with Crippen molar-refractivity contribution < 1.29 is 31.6 Å². The van der Waals surface area contributed by atoms with E-state index in [0.29, 0.717) is 42.2 Å². The zero-order chi connectivity index (χ0) is 24.8. The van der Waals surface area contributed by atoms with Crippen LogP contribution in [0, 0.1) is 5.41 Å². The number of Topliss-reactive ketones (excluding diaryl/α,β-unsaturated/α-hetero) is 1. The van der Waals surface area contributed by atoms with Crippen LogP contribution in [0.1, 0.15) is 35.2 Å². The van der Waals surface area contributed by atoms with E-state index in [1.165, 1.54) is 26.9 Å². The Labute approximate surface area is 201 Å². The van der Waals surface area contributed by atoms with Gasteiger partial charge < -0.3 is 19.5 Å². The Hall–Kier alpha value is -2.62. The molecule has 186 valence electrons. The number of aryl methyl sites for hydroxylation is 1. The van der Waals surface area contributed by atoms with E-state index in [4.69, 9.17) is 18.4 Å². The quantitative estimate of drug-likeness (QED) is 0.357. The molecule has 0 bridgehead atoms. The lowest BCUT2D eigenvalue weighted by molar-refractivity contribution is 0.0940. The van der Waals surface area contributed by atoms with Crippen LogP contribution in [0.2, 0.25) is 0 Å². The first-order valence-electron chi connectivity index (χ1n) is 11.2. The normalized spacial score (nSPS) is 20.2. The van der Waals surface area contributed by atoms with Gasteiger partial charge in [0.2, 0.25) is 5.75 Å². The second-order valence-corrected chi connectivity index (χ2v) is 10.3. The molecule has 34 heavy (non-hydrogen) atoms. The fraction of sp³-hybridized carbons (Fsp3) is 0.480. The molecule has 0 amide bonds. The maximum atomic E-state index is 13.4. The fourth-order valence-electron chi connectivity index (χ4n) is 4.50. The molecule has 2 atom stereocenters. The third-order valence-corrected chi connectivity index (χ3v) is 6.94. The number of carbonyl (C=O) groups is 1. The molecule has 0 spiro atoms. The number of hydrogen-bond donors (Lipinski definition) is 1. The summed E-state index contributed by atoms with van der Waals surface area (Å²) < 4.78 is 44.2. The number of methoxy groups -OCH3 is 3. The van der Waals surface area contributed by atoms with E-state index in [9.17, 15) is 13.2 Å². The Morgan fingerprint density at radius 2 is 1.68 bits per heavy atom. The van der Waals surface area contributed by atoms with Crippen molar-refractivity contribution in [3.05, 3.63) is 53.6 Å². The topological polar surface area (TPSA) is 100 Å². The van der Waals surface area contributed by atoms with E-state index in [2.05, 4.69) is 17.4 Å². The van der Waals surface area contributed by atoms with Gasteiger partial charge in [0.25, 0.3) is 10.1 Å². The van der Waals surface area contributed by atoms with E-state index in [1.807, 2.05) is 18.2 Å². The molecule has 1 saturated heterocycles. The zero-order valence-electron chi connectivity index (χ0n) is 20.1. The largest absolute Gasteiger partial charge is 0.493 e. The van der Waals surface area contributed by atoms with Crippen LogP contribution in [-0.4, -0.2) is 61.0 Å². The SMILES string of the molecule is COc1cc(C(=O)C2CC(CCOS(C)(=O)=O)(CCc3ccccc3)CN2)cc(OC)c1OC. The van der Waals surface area contributed by atoms with Crippen LogP contribution >= 0.6 is 0 Å². The molecule has 9 heteroatoms. The van der Waals surface area contributed by atoms with Gasteiger partial charge in [-0.15, -0.1) is 0 Å². The maximum Gasteiger partial charge on any atom is 0.264 e. The van der Waals surface area contributed by atoms with Gasteiger partial charge in [-0.05, 0) is 48.8 Å². The van der Waals surface area contributed by atoms with Gasteiger partial charge >= 0.3 is 0 Å². The van der Waals surface area contributed by atoms with Gasteiger partial charge in [-0.1, -0.05) is 30.3 Å². The molecule has 0 aromatic heterocycles. The summed E-state index contributed by atoms with van der Waals surface area (Å²) in [7, 11) is 1.00. The molecule has 3 rings (SSSR count). The standard InChI is InChI=1S/C25H33NO7S/c1-30-21-14-19(15-22(31-2)24(21)32-3)23(27)20-16-25(17-26-20,12-13-33-34(4,28)29)11-10-18-8-6-5-7-9-18/h5-9,14-15,20,26H,10-13,16-17H2,1-4H3. The highest BCUT2D eigenvalue weighted by Gasteiger charge is 2.41. The van der Waals surface area contributed by atoms with E-state index >= 15 is 0 Å². The molecule has 0 radical (unpaired) electrons. The smallest absolute Gasteiger partial charge is 0.264 e. The van der Waals surface area contributed by atoms with Crippen molar-refractivity contribution in [3.8, 4) is 17.2 Å². The molecule has 1 N–H and O–H groups in total. The number of carbonyl (C=O) groups excluding carboxylic acids is 1. The summed E-state index contributed by atoms with van der Waals surface area (Å²) in [6, 6.07) is 13.0. The molecule has 2 aromatic carbocycles. The number of benzene rings is 2. The summed E-state index contributed by atoms with van der Waals surface area (Å²) in [5.41, 5.74) is 1.38. The molecule has 1 heterocycles. The second kappa shape index (κ2) is 11.2. The van der Waals surface area contributed by atoms with Gasteiger partial charge in [-0.2, -0.15) is 8.42 Å². The summed E-state index contributed by atoms with van der Waals surface area (Å²) in [5.74, 6) is 1.18. The van der Waals surface area contributed by atoms with Gasteiger partial charge in [0.15, 0.2) is 17.3 Å². The van der Waals surface area contributed by atoms with Crippen LogP contribution in [0.4, 0.5) is 0 Å². The molecule has 0 saturated carbocycles. The first-order valence-corrected chi connectivity index (χ1v) is 13.0. The molecule has 1 fully saturated rings. The second-order valence-electron chi connectivity index (χ2n) is 8.68. The third kappa shape index (κ3) is 6.49. The molecule has 1 aliphatic rings. The van der Waals surface area contributed by atoms with Crippen molar-refractivity contribution in [2.75, 3.05) is 40.7 Å². The van der Waals surface area contributed by atoms with Crippen molar-refractivity contribution in [2.24, 2.45) is 5.41 Å². The number of hydrogen-bond acceptors (Lipinski definition) is 8. The highest BCUT2D eigenvalue weighted by Crippen LogP contribution is 2.41. The minimum absolute atomic E-state index is 0.0788. The summed E-state index contributed by atoms with van der Waals surface area (Å²) >= 11 is 0. The van der Waals surface area contributed by atoms with Crippen LogP contribution < -0.4 is 19.5 Å². The minimum Gasteiger partial charge on any atom is -0.493 e. The van der Waals surface area contributed by atoms with Crippen molar-refractivity contribution in [1.29, 1.82) is 0 Å². The number of nitrogens with one attached hydrogen (secondary N) is 1. The molecule has 2 aromatic rings. The molecule has 1 aliphatic heterocycles. The first kappa shape index (κ1) is 26.0. The molecule has 8 nitrogen and oxygen atoms in total. The van der Waals surface area contributed by atoms with E-state index < -0.39 is 16.2 Å². The van der Waals surface area contributed by atoms with Gasteiger partial charge in [0.05, 0.1) is 40.2 Å². The van der Waals surface area contributed by atoms with Crippen LogP contribution in [-0.2, 0) is 20.7 Å². The average molecular weight is 492 g/mol. The van der Waals surface area contributed by atoms with Crippen molar-refractivity contribution in [3.63, 3.8) is 0 Å². The van der Waals surface area contributed by atoms with Crippen LogP contribution in [0.3, 0.4) is 0 Å². The fourth-order valence-corrected chi connectivity index (χ4v) is 4.88.